The van der Waals surface area contributed by atoms with Crippen LogP contribution in [0.2, 0.25) is 0 Å². The fourth-order valence-corrected chi connectivity index (χ4v) is 0.859. The first-order valence-corrected chi connectivity index (χ1v) is 3.43. The van der Waals surface area contributed by atoms with E-state index in [1.165, 1.54) is 6.20 Å². The highest BCUT2D eigenvalue weighted by molar-refractivity contribution is 5.94. The van der Waals surface area contributed by atoms with Crippen molar-refractivity contribution in [3.8, 4) is 0 Å². The molecule has 0 atom stereocenters. The second-order valence-corrected chi connectivity index (χ2v) is 2.09. The number of ether oxygens (including phenoxy) is 1. The van der Waals surface area contributed by atoms with E-state index >= 15 is 0 Å². The molecular weight excluding hydrogens is 128 g/mol. The molecule has 0 fully saturated rings. The molecule has 1 rings (SSSR count). The molecule has 0 aromatic carbocycles. The molecule has 1 aliphatic rings. The van der Waals surface area contributed by atoms with Crippen molar-refractivity contribution in [3.63, 3.8) is 0 Å². The van der Waals surface area contributed by atoms with Crippen LogP contribution < -0.4 is 5.73 Å². The fourth-order valence-electron chi connectivity index (χ4n) is 0.859. The number of hydrogen-bond donors (Lipinski definition) is 1. The van der Waals surface area contributed by atoms with E-state index in [-0.39, 0.29) is 0 Å². The third-order valence-electron chi connectivity index (χ3n) is 1.34. The third-order valence-corrected chi connectivity index (χ3v) is 1.34. The molecule has 0 bridgehead atoms. The van der Waals surface area contributed by atoms with Crippen LogP contribution in [0.1, 0.15) is 6.42 Å². The third kappa shape index (κ3) is 2.19. The molecule has 0 aromatic heterocycles. The van der Waals surface area contributed by atoms with E-state index in [1.54, 1.807) is 0 Å². The summed E-state index contributed by atoms with van der Waals surface area (Å²) in [6, 6.07) is 0. The Balaban J connectivity index is 2.46. The van der Waals surface area contributed by atoms with Crippen LogP contribution in [0.4, 0.5) is 0 Å². The van der Waals surface area contributed by atoms with E-state index in [9.17, 15) is 0 Å². The number of aliphatic imine (C=N–C) groups is 1. The van der Waals surface area contributed by atoms with E-state index < -0.39 is 0 Å². The molecule has 3 heteroatoms. The van der Waals surface area contributed by atoms with Crippen LogP contribution >= 0.6 is 0 Å². The van der Waals surface area contributed by atoms with Gasteiger partial charge >= 0.3 is 0 Å². The first kappa shape index (κ1) is 7.28. The Morgan fingerprint density at radius 3 is 3.20 bits per heavy atom. The van der Waals surface area contributed by atoms with Gasteiger partial charge in [0.1, 0.15) is 0 Å². The highest BCUT2D eigenvalue weighted by atomic mass is 16.5. The minimum Gasteiger partial charge on any atom is -0.405 e. The highest BCUT2D eigenvalue weighted by Crippen LogP contribution is 1.95. The first-order valence-electron chi connectivity index (χ1n) is 3.43. The normalized spacial score (nSPS) is 20.6. The van der Waals surface area contributed by atoms with Crippen molar-refractivity contribution in [2.45, 2.75) is 6.42 Å². The van der Waals surface area contributed by atoms with Crippen LogP contribution in [-0.2, 0) is 4.74 Å². The van der Waals surface area contributed by atoms with Gasteiger partial charge in [-0.1, -0.05) is 0 Å². The standard InChI is InChI=1S/C7H12N2O/c8-3-1-7-2-5-10-6-4-9-7/h1,3H,2,4-6,8H2. The van der Waals surface area contributed by atoms with Crippen molar-refractivity contribution >= 4 is 5.71 Å². The van der Waals surface area contributed by atoms with Gasteiger partial charge < -0.3 is 10.5 Å². The largest absolute Gasteiger partial charge is 0.405 e. The van der Waals surface area contributed by atoms with Gasteiger partial charge in [0.25, 0.3) is 0 Å². The van der Waals surface area contributed by atoms with Crippen molar-refractivity contribution in [2.75, 3.05) is 19.8 Å². The van der Waals surface area contributed by atoms with E-state index in [1.807, 2.05) is 6.08 Å². The average Bonchev–Trinajstić information content (AvgIpc) is 2.17. The lowest BCUT2D eigenvalue weighted by molar-refractivity contribution is 0.153. The maximum atomic E-state index is 5.21. The van der Waals surface area contributed by atoms with E-state index in [0.29, 0.717) is 0 Å². The zero-order valence-electron chi connectivity index (χ0n) is 5.92. The lowest BCUT2D eigenvalue weighted by atomic mass is 10.3. The summed E-state index contributed by atoms with van der Waals surface area (Å²) in [6.07, 6.45) is 4.23. The summed E-state index contributed by atoms with van der Waals surface area (Å²) in [7, 11) is 0. The summed E-state index contributed by atoms with van der Waals surface area (Å²) in [5.41, 5.74) is 6.25. The number of rotatable bonds is 1. The number of hydrogen-bond acceptors (Lipinski definition) is 3. The topological polar surface area (TPSA) is 47.6 Å². The quantitative estimate of drug-likeness (QED) is 0.570. The lowest BCUT2D eigenvalue weighted by Gasteiger charge is -1.94. The van der Waals surface area contributed by atoms with Gasteiger partial charge in [-0.2, -0.15) is 0 Å². The van der Waals surface area contributed by atoms with Crippen LogP contribution in [0.25, 0.3) is 0 Å². The summed E-state index contributed by atoms with van der Waals surface area (Å²) in [6.45, 7) is 2.27. The van der Waals surface area contributed by atoms with Gasteiger partial charge in [-0.3, -0.25) is 4.99 Å². The van der Waals surface area contributed by atoms with Gasteiger partial charge in [-0.25, -0.2) is 0 Å². The monoisotopic (exact) mass is 140 g/mol. The van der Waals surface area contributed by atoms with Crippen LogP contribution in [0.15, 0.2) is 17.3 Å². The molecule has 1 heterocycles. The maximum Gasteiger partial charge on any atom is 0.0662 e. The van der Waals surface area contributed by atoms with E-state index in [4.69, 9.17) is 10.5 Å². The SMILES string of the molecule is NC=CC1=NCCOCC1. The minimum atomic E-state index is 0.738. The Hall–Kier alpha value is -0.830. The van der Waals surface area contributed by atoms with Crippen molar-refractivity contribution in [3.05, 3.63) is 12.3 Å². The molecular formula is C7H12N2O. The smallest absolute Gasteiger partial charge is 0.0662 e. The zero-order chi connectivity index (χ0) is 7.23. The lowest BCUT2D eigenvalue weighted by Crippen LogP contribution is -1.98. The van der Waals surface area contributed by atoms with Crippen molar-refractivity contribution in [1.82, 2.24) is 0 Å². The Morgan fingerprint density at radius 1 is 1.50 bits per heavy atom. The minimum absolute atomic E-state index is 0.738. The predicted molar refractivity (Wildman–Crippen MR) is 41.1 cm³/mol. The molecule has 0 saturated heterocycles. The summed E-state index contributed by atoms with van der Waals surface area (Å²) in [4.78, 5) is 4.24. The summed E-state index contributed by atoms with van der Waals surface area (Å²) in [5, 5.41) is 0. The van der Waals surface area contributed by atoms with Crippen molar-refractivity contribution < 1.29 is 4.74 Å². The molecule has 0 spiro atoms. The Bertz CT molecular complexity index is 152. The molecule has 10 heavy (non-hydrogen) atoms. The number of nitrogens with zero attached hydrogens (tertiary/aromatic N) is 1. The van der Waals surface area contributed by atoms with Crippen LogP contribution in [0.5, 0.6) is 0 Å². The fraction of sp³-hybridized carbons (Fsp3) is 0.571. The van der Waals surface area contributed by atoms with Crippen LogP contribution in [0.3, 0.4) is 0 Å². The van der Waals surface area contributed by atoms with Gasteiger partial charge in [0.15, 0.2) is 0 Å². The molecule has 56 valence electrons. The highest BCUT2D eigenvalue weighted by Gasteiger charge is 1.98. The van der Waals surface area contributed by atoms with Gasteiger partial charge in [-0.05, 0) is 12.3 Å². The molecule has 2 N–H and O–H groups in total. The van der Waals surface area contributed by atoms with Crippen LogP contribution in [0, 0.1) is 0 Å². The summed E-state index contributed by atoms with van der Waals surface area (Å²) >= 11 is 0. The average molecular weight is 140 g/mol. The Labute approximate surface area is 60.6 Å². The van der Waals surface area contributed by atoms with Crippen molar-refractivity contribution in [1.29, 1.82) is 0 Å². The van der Waals surface area contributed by atoms with Gasteiger partial charge in [0.2, 0.25) is 0 Å². The molecule has 1 aliphatic heterocycles. The number of nitrogens with two attached hydrogens (primary N) is 1. The zero-order valence-corrected chi connectivity index (χ0v) is 5.92. The Kier molecular flexibility index (Phi) is 2.96. The van der Waals surface area contributed by atoms with E-state index in [2.05, 4.69) is 4.99 Å². The number of allylic oxidation sites excluding steroid dienone is 1. The Morgan fingerprint density at radius 2 is 2.40 bits per heavy atom. The molecule has 0 aliphatic carbocycles. The molecule has 0 unspecified atom stereocenters. The second-order valence-electron chi connectivity index (χ2n) is 2.09. The summed E-state index contributed by atoms with van der Waals surface area (Å²) < 4.78 is 5.18. The van der Waals surface area contributed by atoms with Crippen LogP contribution in [-0.4, -0.2) is 25.5 Å². The molecule has 3 nitrogen and oxygen atoms in total. The molecule has 0 saturated carbocycles. The molecule has 0 amide bonds. The van der Waals surface area contributed by atoms with Crippen molar-refractivity contribution in [2.24, 2.45) is 10.7 Å². The van der Waals surface area contributed by atoms with Gasteiger partial charge in [0, 0.05) is 12.1 Å². The first-order chi connectivity index (χ1) is 4.93. The van der Waals surface area contributed by atoms with E-state index in [0.717, 1.165) is 31.9 Å². The predicted octanol–water partition coefficient (Wildman–Crippen LogP) is 0.320. The maximum absolute atomic E-state index is 5.21. The second kappa shape index (κ2) is 4.06. The summed E-state index contributed by atoms with van der Waals surface area (Å²) in [5.74, 6) is 0. The van der Waals surface area contributed by atoms with Gasteiger partial charge in [-0.15, -0.1) is 0 Å². The van der Waals surface area contributed by atoms with Gasteiger partial charge in [0.05, 0.1) is 19.8 Å². The molecule has 0 aromatic rings. The molecule has 0 radical (unpaired) electrons.